The van der Waals surface area contributed by atoms with Crippen molar-refractivity contribution in [3.63, 3.8) is 0 Å². The molecule has 2 aliphatic rings. The van der Waals surface area contributed by atoms with Crippen molar-refractivity contribution in [3.05, 3.63) is 138 Å². The number of hydrogen-bond acceptors (Lipinski definition) is 5. The molecule has 8 rings (SSSR count). The van der Waals surface area contributed by atoms with Crippen LogP contribution in [0.25, 0.3) is 33.9 Å². The summed E-state index contributed by atoms with van der Waals surface area (Å²) in [5.74, 6) is 0.320. The van der Waals surface area contributed by atoms with E-state index in [0.29, 0.717) is 65.2 Å². The predicted molar refractivity (Wildman–Crippen MR) is 246 cm³/mol. The first kappa shape index (κ1) is 44.2. The molecule has 1 aliphatic heterocycles. The molecule has 0 atom stereocenters. The fraction of sp³-hybridized carbons (Fsp3) is 0.304. The van der Waals surface area contributed by atoms with E-state index in [9.17, 15) is 9.59 Å². The molecule has 312 valence electrons. The summed E-state index contributed by atoms with van der Waals surface area (Å²) in [7, 11) is 0. The first-order valence-electron chi connectivity index (χ1n) is 20.1. The number of amides is 1. The molecule has 0 radical (unpaired) electrons. The predicted octanol–water partition coefficient (Wildman–Crippen LogP) is 13.9. The maximum absolute atomic E-state index is 13.2. The van der Waals surface area contributed by atoms with E-state index >= 15 is 0 Å². The highest BCUT2D eigenvalue weighted by Gasteiger charge is 2.27. The lowest BCUT2D eigenvalue weighted by Crippen LogP contribution is -2.45. The van der Waals surface area contributed by atoms with Crippen LogP contribution in [-0.4, -0.2) is 49.3 Å². The first-order chi connectivity index (χ1) is 28.9. The smallest absolute Gasteiger partial charge is 0.286 e. The number of nitrogens with zero attached hydrogens (tertiary/aromatic N) is 5. The fourth-order valence-electron chi connectivity index (χ4n) is 7.97. The Morgan fingerprint density at radius 1 is 0.583 bits per heavy atom. The Kier molecular flexibility index (Phi) is 14.7. The van der Waals surface area contributed by atoms with E-state index in [1.807, 2.05) is 73.5 Å². The number of nitrogens with one attached hydrogen (secondary N) is 1. The lowest BCUT2D eigenvalue weighted by Gasteiger charge is -2.26. The standard InChI is InChI=1S/C24H23Cl3N2O.C22H21Cl3N4O/c1-15-23(22(30)13-16-5-3-2-4-6-16)28-29(21-12-11-19(26)14-20(21)27)24(15)17-7-9-18(25)10-8-17;1-14-20(22(30)27-28-11-3-2-4-12-28)26-29(19-10-9-17(24)13-18(19)25)21(14)15-5-7-16(23)8-6-15/h7-12,14,16H,2-6,13H2,1H3;5-10,13H,2-4,11-12H2,1H3,(H,27,30). The number of Topliss-reactive ketones (excluding diaryl/α,β-unsaturated/α-hetero) is 1. The third-order valence-corrected chi connectivity index (χ3v) is 12.6. The maximum atomic E-state index is 13.2. The van der Waals surface area contributed by atoms with E-state index in [1.54, 1.807) is 39.7 Å². The lowest BCUT2D eigenvalue weighted by atomic mass is 9.85. The van der Waals surface area contributed by atoms with Crippen LogP contribution in [0.3, 0.4) is 0 Å². The molecule has 1 aliphatic carbocycles. The van der Waals surface area contributed by atoms with Gasteiger partial charge < -0.3 is 0 Å². The molecule has 4 aromatic carbocycles. The molecule has 2 aromatic heterocycles. The molecule has 1 saturated heterocycles. The van der Waals surface area contributed by atoms with E-state index < -0.39 is 0 Å². The molecule has 0 bridgehead atoms. The largest absolute Gasteiger partial charge is 0.292 e. The van der Waals surface area contributed by atoms with Gasteiger partial charge in [0.1, 0.15) is 5.69 Å². The second-order valence-electron chi connectivity index (χ2n) is 15.3. The van der Waals surface area contributed by atoms with Gasteiger partial charge in [0, 0.05) is 61.9 Å². The van der Waals surface area contributed by atoms with Crippen LogP contribution in [0.15, 0.2) is 84.9 Å². The first-order valence-corrected chi connectivity index (χ1v) is 22.4. The summed E-state index contributed by atoms with van der Waals surface area (Å²) >= 11 is 37.3. The summed E-state index contributed by atoms with van der Waals surface area (Å²) in [6, 6.07) is 25.4. The molecule has 0 spiro atoms. The Morgan fingerprint density at radius 2 is 1.02 bits per heavy atom. The molecule has 14 heteroatoms. The van der Waals surface area contributed by atoms with Gasteiger partial charge in [-0.3, -0.25) is 15.0 Å². The average molecular weight is 926 g/mol. The van der Waals surface area contributed by atoms with Gasteiger partial charge >= 0.3 is 0 Å². The van der Waals surface area contributed by atoms with Gasteiger partial charge in [-0.1, -0.05) is 132 Å². The number of benzene rings is 4. The van der Waals surface area contributed by atoms with E-state index in [0.717, 1.165) is 72.4 Å². The number of halogens is 6. The Morgan fingerprint density at radius 3 is 1.50 bits per heavy atom. The minimum Gasteiger partial charge on any atom is -0.292 e. The topological polar surface area (TPSA) is 85.1 Å². The van der Waals surface area contributed by atoms with Crippen molar-refractivity contribution in [2.24, 2.45) is 5.92 Å². The number of piperidine rings is 1. The van der Waals surface area contributed by atoms with Crippen molar-refractivity contribution in [1.29, 1.82) is 0 Å². The van der Waals surface area contributed by atoms with E-state index in [-0.39, 0.29) is 11.7 Å². The van der Waals surface area contributed by atoms with Crippen molar-refractivity contribution in [2.75, 3.05) is 13.1 Å². The summed E-state index contributed by atoms with van der Waals surface area (Å²) in [5.41, 5.74) is 10.2. The molecule has 3 heterocycles. The second-order valence-corrected chi connectivity index (χ2v) is 17.9. The molecule has 0 unspecified atom stereocenters. The van der Waals surface area contributed by atoms with Crippen molar-refractivity contribution >= 4 is 81.3 Å². The third-order valence-electron chi connectivity index (χ3n) is 11.0. The van der Waals surface area contributed by atoms with E-state index in [1.165, 1.54) is 25.7 Å². The number of ketones is 1. The van der Waals surface area contributed by atoms with Gasteiger partial charge in [0.05, 0.1) is 32.8 Å². The van der Waals surface area contributed by atoms with Crippen LogP contribution in [0.5, 0.6) is 0 Å². The monoisotopic (exact) mass is 922 g/mol. The van der Waals surface area contributed by atoms with Gasteiger partial charge in [-0.15, -0.1) is 0 Å². The quantitative estimate of drug-likeness (QED) is 0.146. The molecule has 1 N–H and O–H groups in total. The van der Waals surface area contributed by atoms with Crippen molar-refractivity contribution < 1.29 is 9.59 Å². The van der Waals surface area contributed by atoms with Crippen LogP contribution < -0.4 is 5.43 Å². The van der Waals surface area contributed by atoms with Crippen LogP contribution in [0.1, 0.15) is 89.9 Å². The van der Waals surface area contributed by atoms with Crippen LogP contribution in [0.4, 0.5) is 0 Å². The zero-order chi connectivity index (χ0) is 42.5. The number of aromatic nitrogens is 4. The Hall–Kier alpha value is -3.86. The Balaban J connectivity index is 0.000000181. The minimum atomic E-state index is -0.228. The zero-order valence-corrected chi connectivity index (χ0v) is 37.8. The maximum Gasteiger partial charge on any atom is 0.286 e. The molecule has 1 amide bonds. The zero-order valence-electron chi connectivity index (χ0n) is 33.3. The van der Waals surface area contributed by atoms with Gasteiger partial charge in [0.15, 0.2) is 11.5 Å². The molecule has 60 heavy (non-hydrogen) atoms. The van der Waals surface area contributed by atoms with Gasteiger partial charge in [-0.05, 0) is 93.3 Å². The Bertz CT molecular complexity index is 2310. The number of carbonyl (C=O) groups excluding carboxylic acids is 2. The minimum absolute atomic E-state index is 0.0958. The summed E-state index contributed by atoms with van der Waals surface area (Å²) in [5, 5.41) is 14.6. The summed E-state index contributed by atoms with van der Waals surface area (Å²) in [6.45, 7) is 5.53. The number of hydrogen-bond donors (Lipinski definition) is 1. The Labute approximate surface area is 380 Å². The van der Waals surface area contributed by atoms with Gasteiger partial charge in [0.25, 0.3) is 5.91 Å². The molecular weight excluding hydrogens is 881 g/mol. The van der Waals surface area contributed by atoms with Crippen molar-refractivity contribution in [3.8, 4) is 33.9 Å². The van der Waals surface area contributed by atoms with Crippen LogP contribution in [0.2, 0.25) is 30.1 Å². The SMILES string of the molecule is Cc1c(C(=O)CC2CCCCC2)nn(-c2ccc(Cl)cc2Cl)c1-c1ccc(Cl)cc1.Cc1c(C(=O)NN2CCCCC2)nn(-c2ccc(Cl)cc2Cl)c1-c1ccc(Cl)cc1. The highest BCUT2D eigenvalue weighted by molar-refractivity contribution is 6.36. The van der Waals surface area contributed by atoms with Gasteiger partial charge in [0.2, 0.25) is 0 Å². The van der Waals surface area contributed by atoms with Crippen LogP contribution in [0, 0.1) is 19.8 Å². The average Bonchev–Trinajstić information content (AvgIpc) is 3.76. The molecule has 1 saturated carbocycles. The summed E-state index contributed by atoms with van der Waals surface area (Å²) < 4.78 is 3.45. The van der Waals surface area contributed by atoms with Crippen molar-refractivity contribution in [1.82, 2.24) is 30.0 Å². The highest BCUT2D eigenvalue weighted by atomic mass is 35.5. The summed E-state index contributed by atoms with van der Waals surface area (Å²) in [6.07, 6.45) is 9.82. The molecule has 8 nitrogen and oxygen atoms in total. The van der Waals surface area contributed by atoms with Gasteiger partial charge in [-0.2, -0.15) is 10.2 Å². The third kappa shape index (κ3) is 10.2. The molecule has 6 aromatic rings. The van der Waals surface area contributed by atoms with Crippen molar-refractivity contribution in [2.45, 2.75) is 71.6 Å². The highest BCUT2D eigenvalue weighted by Crippen LogP contribution is 2.36. The van der Waals surface area contributed by atoms with E-state index in [2.05, 4.69) is 10.5 Å². The number of rotatable bonds is 9. The lowest BCUT2D eigenvalue weighted by molar-refractivity contribution is 0.0743. The molecular formula is C46H44Cl6N6O2. The molecule has 2 fully saturated rings. The normalized spacial score (nSPS) is 14.7. The van der Waals surface area contributed by atoms with E-state index in [4.69, 9.17) is 74.7 Å². The van der Waals surface area contributed by atoms with Crippen LogP contribution >= 0.6 is 69.6 Å². The van der Waals surface area contributed by atoms with Crippen LogP contribution in [-0.2, 0) is 0 Å². The van der Waals surface area contributed by atoms with Gasteiger partial charge in [-0.25, -0.2) is 14.4 Å². The second kappa shape index (κ2) is 19.9. The number of hydrazine groups is 1. The number of carbonyl (C=O) groups is 2. The fourth-order valence-corrected chi connectivity index (χ4v) is 9.20. The summed E-state index contributed by atoms with van der Waals surface area (Å²) in [4.78, 5) is 26.3.